The van der Waals surface area contributed by atoms with Crippen LogP contribution in [0.1, 0.15) is 20.7 Å². The van der Waals surface area contributed by atoms with Gasteiger partial charge in [0, 0.05) is 5.56 Å². The van der Waals surface area contributed by atoms with E-state index in [1.807, 2.05) is 0 Å². The van der Waals surface area contributed by atoms with E-state index in [2.05, 4.69) is 5.32 Å². The number of ketones is 1. The molecule has 0 aliphatic carbocycles. The number of carbonyl (C=O) groups excluding carboxylic acids is 3. The Morgan fingerprint density at radius 2 is 1.62 bits per heavy atom. The van der Waals surface area contributed by atoms with Gasteiger partial charge in [-0.25, -0.2) is 0 Å². The first-order valence-electron chi connectivity index (χ1n) is 7.27. The van der Waals surface area contributed by atoms with Gasteiger partial charge in [0.1, 0.15) is 12.3 Å². The minimum Gasteiger partial charge on any atom is -0.496 e. The molecule has 0 bridgehead atoms. The number of rotatable bonds is 7. The first-order chi connectivity index (χ1) is 11.6. The molecule has 0 aromatic heterocycles. The van der Waals surface area contributed by atoms with Gasteiger partial charge in [-0.2, -0.15) is 0 Å². The molecule has 0 spiro atoms. The third kappa shape index (κ3) is 4.67. The second kappa shape index (κ2) is 8.47. The van der Waals surface area contributed by atoms with Crippen LogP contribution in [-0.2, 0) is 9.53 Å². The van der Waals surface area contributed by atoms with Crippen LogP contribution in [0.4, 0.5) is 0 Å². The van der Waals surface area contributed by atoms with Gasteiger partial charge in [-0.3, -0.25) is 14.4 Å². The van der Waals surface area contributed by atoms with Gasteiger partial charge in [0.2, 0.25) is 5.78 Å². The maximum Gasteiger partial charge on any atom is 0.325 e. The van der Waals surface area contributed by atoms with Crippen LogP contribution in [0.25, 0.3) is 0 Å². The fraction of sp³-hybridized carbons (Fsp3) is 0.167. The second-order valence-corrected chi connectivity index (χ2v) is 4.83. The lowest BCUT2D eigenvalue weighted by Gasteiger charge is -2.08. The quantitative estimate of drug-likeness (QED) is 0.620. The van der Waals surface area contributed by atoms with E-state index in [4.69, 9.17) is 9.47 Å². The molecule has 0 saturated carbocycles. The first kappa shape index (κ1) is 17.2. The highest BCUT2D eigenvalue weighted by Crippen LogP contribution is 2.17. The Kier molecular flexibility index (Phi) is 6.08. The van der Waals surface area contributed by atoms with Gasteiger partial charge in [0.05, 0.1) is 12.7 Å². The Bertz CT molecular complexity index is 727. The molecule has 0 unspecified atom stereocenters. The number of nitrogens with one attached hydrogen (secondary N) is 1. The zero-order valence-corrected chi connectivity index (χ0v) is 13.2. The average Bonchev–Trinajstić information content (AvgIpc) is 2.64. The van der Waals surface area contributed by atoms with Crippen LogP contribution in [-0.4, -0.2) is 37.9 Å². The van der Waals surface area contributed by atoms with Crippen LogP contribution in [0.15, 0.2) is 54.6 Å². The van der Waals surface area contributed by atoms with Crippen LogP contribution in [0.3, 0.4) is 0 Å². The molecule has 124 valence electrons. The van der Waals surface area contributed by atoms with E-state index < -0.39 is 12.6 Å². The Labute approximate surface area is 139 Å². The van der Waals surface area contributed by atoms with Crippen molar-refractivity contribution in [1.82, 2.24) is 5.32 Å². The SMILES string of the molecule is COc1ccccc1C(=O)COC(=O)CNC(=O)c1ccccc1. The summed E-state index contributed by atoms with van der Waals surface area (Å²) in [6.07, 6.45) is 0. The molecule has 0 heterocycles. The summed E-state index contributed by atoms with van der Waals surface area (Å²) in [7, 11) is 1.46. The van der Waals surface area contributed by atoms with Crippen molar-refractivity contribution in [3.8, 4) is 5.75 Å². The number of Topliss-reactive ketones (excluding diaryl/α,β-unsaturated/α-hetero) is 1. The summed E-state index contributed by atoms with van der Waals surface area (Å²) in [6, 6.07) is 15.2. The summed E-state index contributed by atoms with van der Waals surface area (Å²) in [5.41, 5.74) is 0.775. The molecule has 0 atom stereocenters. The maximum absolute atomic E-state index is 12.0. The number of ether oxygens (including phenoxy) is 2. The van der Waals surface area contributed by atoms with Crippen molar-refractivity contribution in [2.75, 3.05) is 20.3 Å². The molecule has 2 aromatic rings. The van der Waals surface area contributed by atoms with E-state index >= 15 is 0 Å². The number of carbonyl (C=O) groups is 3. The zero-order chi connectivity index (χ0) is 17.4. The Morgan fingerprint density at radius 3 is 2.33 bits per heavy atom. The van der Waals surface area contributed by atoms with Crippen LogP contribution < -0.4 is 10.1 Å². The molecule has 2 rings (SSSR count). The second-order valence-electron chi connectivity index (χ2n) is 4.83. The lowest BCUT2D eigenvalue weighted by molar-refractivity contribution is -0.141. The fourth-order valence-corrected chi connectivity index (χ4v) is 1.99. The van der Waals surface area contributed by atoms with Gasteiger partial charge in [-0.05, 0) is 24.3 Å². The molecule has 24 heavy (non-hydrogen) atoms. The van der Waals surface area contributed by atoms with E-state index in [0.717, 1.165) is 0 Å². The van der Waals surface area contributed by atoms with Gasteiger partial charge >= 0.3 is 5.97 Å². The molecular formula is C18H17NO5. The molecule has 6 heteroatoms. The monoisotopic (exact) mass is 327 g/mol. The topological polar surface area (TPSA) is 81.7 Å². The largest absolute Gasteiger partial charge is 0.496 e. The number of hydrogen-bond donors (Lipinski definition) is 1. The maximum atomic E-state index is 12.0. The Hall–Kier alpha value is -3.15. The molecule has 0 fully saturated rings. The molecule has 0 aliphatic heterocycles. The summed E-state index contributed by atoms with van der Waals surface area (Å²) in [6.45, 7) is -0.729. The van der Waals surface area contributed by atoms with E-state index in [1.165, 1.54) is 7.11 Å². The van der Waals surface area contributed by atoms with Gasteiger partial charge in [-0.15, -0.1) is 0 Å². The molecule has 0 saturated heterocycles. The highest BCUT2D eigenvalue weighted by Gasteiger charge is 2.14. The molecule has 2 aromatic carbocycles. The van der Waals surface area contributed by atoms with Crippen molar-refractivity contribution >= 4 is 17.7 Å². The standard InChI is InChI=1S/C18H17NO5/c1-23-16-10-6-5-9-14(16)15(20)12-24-17(21)11-19-18(22)13-7-3-2-4-8-13/h2-10H,11-12H2,1H3,(H,19,22). The van der Waals surface area contributed by atoms with Crippen LogP contribution in [0, 0.1) is 0 Å². The van der Waals surface area contributed by atoms with Crippen molar-refractivity contribution in [1.29, 1.82) is 0 Å². The Balaban J connectivity index is 1.81. The van der Waals surface area contributed by atoms with Gasteiger partial charge in [-0.1, -0.05) is 30.3 Å². The fourth-order valence-electron chi connectivity index (χ4n) is 1.99. The third-order valence-corrected chi connectivity index (χ3v) is 3.20. The summed E-state index contributed by atoms with van der Waals surface area (Å²) in [4.78, 5) is 35.5. The summed E-state index contributed by atoms with van der Waals surface area (Å²) in [5, 5.41) is 2.44. The molecular weight excluding hydrogens is 310 g/mol. The number of esters is 1. The molecule has 6 nitrogen and oxygen atoms in total. The first-order valence-corrected chi connectivity index (χ1v) is 7.27. The summed E-state index contributed by atoms with van der Waals surface area (Å²) >= 11 is 0. The van der Waals surface area contributed by atoms with Crippen molar-refractivity contribution in [2.45, 2.75) is 0 Å². The van der Waals surface area contributed by atoms with Crippen molar-refractivity contribution in [3.05, 3.63) is 65.7 Å². The highest BCUT2D eigenvalue weighted by molar-refractivity contribution is 6.00. The molecule has 0 radical (unpaired) electrons. The summed E-state index contributed by atoms with van der Waals surface area (Å²) in [5.74, 6) is -1.04. The molecule has 1 amide bonds. The lowest BCUT2D eigenvalue weighted by Crippen LogP contribution is -2.31. The van der Waals surface area contributed by atoms with E-state index in [9.17, 15) is 14.4 Å². The third-order valence-electron chi connectivity index (χ3n) is 3.20. The van der Waals surface area contributed by atoms with Crippen LogP contribution in [0.2, 0.25) is 0 Å². The number of benzene rings is 2. The van der Waals surface area contributed by atoms with Crippen molar-refractivity contribution in [3.63, 3.8) is 0 Å². The highest BCUT2D eigenvalue weighted by atomic mass is 16.5. The van der Waals surface area contributed by atoms with Crippen molar-refractivity contribution in [2.24, 2.45) is 0 Å². The predicted octanol–water partition coefficient (Wildman–Crippen LogP) is 1.85. The smallest absolute Gasteiger partial charge is 0.325 e. The Morgan fingerprint density at radius 1 is 0.958 bits per heavy atom. The van der Waals surface area contributed by atoms with E-state index in [-0.39, 0.29) is 18.2 Å². The van der Waals surface area contributed by atoms with Gasteiger partial charge in [0.25, 0.3) is 5.91 Å². The van der Waals surface area contributed by atoms with Crippen LogP contribution >= 0.6 is 0 Å². The van der Waals surface area contributed by atoms with Gasteiger partial charge in [0.15, 0.2) is 6.61 Å². The minimum absolute atomic E-state index is 0.313. The number of para-hydroxylation sites is 1. The van der Waals surface area contributed by atoms with Crippen molar-refractivity contribution < 1.29 is 23.9 Å². The zero-order valence-electron chi connectivity index (χ0n) is 13.2. The minimum atomic E-state index is -0.692. The number of methoxy groups -OCH3 is 1. The molecule has 1 N–H and O–H groups in total. The summed E-state index contributed by atoms with van der Waals surface area (Å²) < 4.78 is 9.97. The predicted molar refractivity (Wildman–Crippen MR) is 87.1 cm³/mol. The van der Waals surface area contributed by atoms with Crippen LogP contribution in [0.5, 0.6) is 5.75 Å². The number of amides is 1. The van der Waals surface area contributed by atoms with E-state index in [1.54, 1.807) is 54.6 Å². The normalized spacial score (nSPS) is 9.88. The van der Waals surface area contributed by atoms with Gasteiger partial charge < -0.3 is 14.8 Å². The molecule has 0 aliphatic rings. The van der Waals surface area contributed by atoms with E-state index in [0.29, 0.717) is 16.9 Å². The average molecular weight is 327 g/mol. The lowest BCUT2D eigenvalue weighted by atomic mass is 10.1. The number of hydrogen-bond acceptors (Lipinski definition) is 5.